The van der Waals surface area contributed by atoms with Crippen LogP contribution in [0, 0.1) is 45.3 Å². The maximum Gasteiger partial charge on any atom is 0.139 e. The van der Waals surface area contributed by atoms with E-state index in [0.717, 1.165) is 58.1 Å². The molecule has 2 aliphatic heterocycles. The van der Waals surface area contributed by atoms with Gasteiger partial charge in [0.1, 0.15) is 35.4 Å². The Bertz CT molecular complexity index is 1100. The zero-order valence-electron chi connectivity index (χ0n) is 18.8. The Balaban J connectivity index is 2.08. The van der Waals surface area contributed by atoms with Gasteiger partial charge in [0.05, 0.1) is 0 Å². The summed E-state index contributed by atoms with van der Waals surface area (Å²) in [7, 11) is 0. The van der Waals surface area contributed by atoms with Gasteiger partial charge in [0, 0.05) is 42.2 Å². The van der Waals surface area contributed by atoms with Gasteiger partial charge in [-0.3, -0.25) is 0 Å². The Kier molecular flexibility index (Phi) is 9.05. The van der Waals surface area contributed by atoms with Gasteiger partial charge >= 0.3 is 0 Å². The number of hydrogen-bond donors (Lipinski definition) is 0. The summed E-state index contributed by atoms with van der Waals surface area (Å²) in [6, 6.07) is 8.11. The molecule has 33 heavy (non-hydrogen) atoms. The van der Waals surface area contributed by atoms with Gasteiger partial charge in [-0.1, -0.05) is 62.4 Å². The van der Waals surface area contributed by atoms with Crippen molar-refractivity contribution in [1.29, 1.82) is 21.0 Å². The molecule has 1 aromatic heterocycles. The molecule has 0 radical (unpaired) electrons. The number of nitrogens with zero attached hydrogens (tertiary/aromatic N) is 4. The van der Waals surface area contributed by atoms with Crippen LogP contribution in [0.3, 0.4) is 0 Å². The number of rotatable bonds is 8. The van der Waals surface area contributed by atoms with Gasteiger partial charge in [0.25, 0.3) is 0 Å². The van der Waals surface area contributed by atoms with Crippen molar-refractivity contribution in [2.45, 2.75) is 65.2 Å². The first-order chi connectivity index (χ1) is 16.1. The minimum Gasteiger partial charge on any atom is -0.192 e. The summed E-state index contributed by atoms with van der Waals surface area (Å²) in [6.45, 7) is 4.40. The molecule has 0 spiro atoms. The van der Waals surface area contributed by atoms with Gasteiger partial charge in [-0.15, -0.1) is 11.3 Å². The van der Waals surface area contributed by atoms with E-state index < -0.39 is 0 Å². The molecule has 3 rings (SSSR count). The second-order valence-electron chi connectivity index (χ2n) is 7.72. The van der Waals surface area contributed by atoms with Crippen LogP contribution in [0.15, 0.2) is 33.1 Å². The smallest absolute Gasteiger partial charge is 0.139 e. The first-order valence-electron chi connectivity index (χ1n) is 11.1. The molecule has 0 N–H and O–H groups in total. The minimum absolute atomic E-state index is 0.203. The van der Waals surface area contributed by atoms with E-state index in [1.54, 1.807) is 34.9 Å². The molecule has 0 saturated carbocycles. The molecule has 166 valence electrons. The van der Waals surface area contributed by atoms with Crippen LogP contribution in [0.1, 0.15) is 73.3 Å². The summed E-state index contributed by atoms with van der Waals surface area (Å²) in [5.41, 5.74) is 3.18. The lowest BCUT2D eigenvalue weighted by molar-refractivity contribution is 0.761. The zero-order chi connectivity index (χ0) is 23.8. The first-order valence-corrected chi connectivity index (χ1v) is 13.5. The second kappa shape index (κ2) is 12.0. The van der Waals surface area contributed by atoms with Gasteiger partial charge < -0.3 is 0 Å². The van der Waals surface area contributed by atoms with Gasteiger partial charge in [0.2, 0.25) is 0 Å². The van der Waals surface area contributed by atoms with Crippen LogP contribution >= 0.6 is 34.9 Å². The van der Waals surface area contributed by atoms with Crippen LogP contribution in [-0.4, -0.2) is 0 Å². The molecule has 0 atom stereocenters. The molecule has 0 bridgehead atoms. The number of hydrogen-bond acceptors (Lipinski definition) is 7. The highest BCUT2D eigenvalue weighted by molar-refractivity contribution is 8.12. The number of unbranched alkanes of at least 4 members (excludes halogenated alkanes) is 2. The number of allylic oxidation sites excluding steroid dienone is 6. The van der Waals surface area contributed by atoms with Crippen molar-refractivity contribution in [3.8, 4) is 24.3 Å². The number of thiophene rings is 1. The van der Waals surface area contributed by atoms with Gasteiger partial charge in [-0.25, -0.2) is 0 Å². The van der Waals surface area contributed by atoms with E-state index in [2.05, 4.69) is 26.0 Å². The predicted octanol–water partition coefficient (Wildman–Crippen LogP) is 7.99. The molecule has 2 aliphatic rings. The van der Waals surface area contributed by atoms with E-state index in [0.29, 0.717) is 12.8 Å². The molecule has 4 nitrogen and oxygen atoms in total. The van der Waals surface area contributed by atoms with Crippen LogP contribution in [0.4, 0.5) is 0 Å². The standard InChI is InChI=1S/C26H24N4S3/c1-3-5-7-19-20(8-6-4-2)26(24-12-10-22(32-24)18(15-29)16-30)33-25(19)23-11-9-21(31-23)17(13-27)14-28/h11-12H,3-10H2,1-2H3. The first kappa shape index (κ1) is 25.0. The molecule has 0 aromatic carbocycles. The maximum absolute atomic E-state index is 9.29. The summed E-state index contributed by atoms with van der Waals surface area (Å²) in [6.07, 6.45) is 12.0. The molecule has 0 unspecified atom stereocenters. The fraction of sp³-hybridized carbons (Fsp3) is 0.385. The van der Waals surface area contributed by atoms with E-state index in [4.69, 9.17) is 0 Å². The lowest BCUT2D eigenvalue weighted by atomic mass is 9.97. The third kappa shape index (κ3) is 5.46. The molecular weight excluding hydrogens is 465 g/mol. The highest BCUT2D eigenvalue weighted by Gasteiger charge is 2.28. The molecular formula is C26H24N4S3. The molecule has 1 aromatic rings. The SMILES string of the molecule is CCCCc1c(C2=CCC(=C(C#N)C#N)S2)sc(C2=CCC(=C(C#N)C#N)S2)c1CCCC. The lowest BCUT2D eigenvalue weighted by Gasteiger charge is -2.10. The van der Waals surface area contributed by atoms with Crippen LogP contribution in [0.25, 0.3) is 9.81 Å². The summed E-state index contributed by atoms with van der Waals surface area (Å²) in [5, 5.41) is 37.2. The van der Waals surface area contributed by atoms with Crippen molar-refractivity contribution < 1.29 is 0 Å². The van der Waals surface area contributed by atoms with E-state index in [-0.39, 0.29) is 11.1 Å². The van der Waals surface area contributed by atoms with E-state index in [9.17, 15) is 21.0 Å². The molecule has 0 fully saturated rings. The normalized spacial score (nSPS) is 14.7. The number of nitriles is 4. The summed E-state index contributed by atoms with van der Waals surface area (Å²) < 4.78 is 0. The fourth-order valence-electron chi connectivity index (χ4n) is 3.82. The largest absolute Gasteiger partial charge is 0.192 e. The summed E-state index contributed by atoms with van der Waals surface area (Å²) in [5.74, 6) is 0. The highest BCUT2D eigenvalue weighted by atomic mass is 32.2. The second-order valence-corrected chi connectivity index (χ2v) is 11.0. The Hall–Kier alpha value is -2.68. The average Bonchev–Trinajstić information content (AvgIpc) is 3.57. The Morgan fingerprint density at radius 3 is 1.45 bits per heavy atom. The van der Waals surface area contributed by atoms with E-state index in [1.165, 1.54) is 20.9 Å². The molecule has 3 heterocycles. The van der Waals surface area contributed by atoms with Crippen molar-refractivity contribution in [2.75, 3.05) is 0 Å². The Morgan fingerprint density at radius 2 is 1.12 bits per heavy atom. The molecule has 0 saturated heterocycles. The van der Waals surface area contributed by atoms with Crippen molar-refractivity contribution in [1.82, 2.24) is 0 Å². The topological polar surface area (TPSA) is 95.2 Å². The Labute approximate surface area is 208 Å². The lowest BCUT2D eigenvalue weighted by Crippen LogP contribution is -1.96. The van der Waals surface area contributed by atoms with Crippen LogP contribution in [0.5, 0.6) is 0 Å². The van der Waals surface area contributed by atoms with E-state index >= 15 is 0 Å². The average molecular weight is 489 g/mol. The monoisotopic (exact) mass is 488 g/mol. The highest BCUT2D eigenvalue weighted by Crippen LogP contribution is 2.53. The van der Waals surface area contributed by atoms with Crippen molar-refractivity contribution >= 4 is 44.7 Å². The van der Waals surface area contributed by atoms with Crippen molar-refractivity contribution in [3.63, 3.8) is 0 Å². The third-order valence-corrected chi connectivity index (χ3v) is 9.56. The predicted molar refractivity (Wildman–Crippen MR) is 138 cm³/mol. The molecule has 0 amide bonds. The van der Waals surface area contributed by atoms with Gasteiger partial charge in [-0.2, -0.15) is 21.0 Å². The zero-order valence-corrected chi connectivity index (χ0v) is 21.3. The van der Waals surface area contributed by atoms with Crippen molar-refractivity contribution in [3.05, 3.63) is 54.0 Å². The fourth-order valence-corrected chi connectivity index (χ4v) is 7.60. The van der Waals surface area contributed by atoms with Gasteiger partial charge in [-0.05, 0) is 36.8 Å². The summed E-state index contributed by atoms with van der Waals surface area (Å²) in [4.78, 5) is 6.44. The Morgan fingerprint density at radius 1 is 0.727 bits per heavy atom. The van der Waals surface area contributed by atoms with Crippen LogP contribution in [-0.2, 0) is 12.8 Å². The minimum atomic E-state index is 0.203. The maximum atomic E-state index is 9.29. The van der Waals surface area contributed by atoms with Crippen LogP contribution < -0.4 is 0 Å². The summed E-state index contributed by atoms with van der Waals surface area (Å²) >= 11 is 4.89. The van der Waals surface area contributed by atoms with Crippen molar-refractivity contribution in [2.24, 2.45) is 0 Å². The van der Waals surface area contributed by atoms with E-state index in [1.807, 2.05) is 24.3 Å². The third-order valence-electron chi connectivity index (χ3n) is 5.54. The molecule has 0 aliphatic carbocycles. The quantitative estimate of drug-likeness (QED) is 0.344. The number of thioether (sulfide) groups is 2. The van der Waals surface area contributed by atoms with Gasteiger partial charge in [0.15, 0.2) is 0 Å². The van der Waals surface area contributed by atoms with Crippen LogP contribution in [0.2, 0.25) is 0 Å². The molecule has 7 heteroatoms.